The summed E-state index contributed by atoms with van der Waals surface area (Å²) in [6.45, 7) is 4.41. The Bertz CT molecular complexity index is 273. The number of rotatable bonds is 7. The molecule has 0 saturated heterocycles. The quantitative estimate of drug-likeness (QED) is 0.767. The van der Waals surface area contributed by atoms with Gasteiger partial charge in [-0.25, -0.2) is 0 Å². The lowest BCUT2D eigenvalue weighted by Crippen LogP contribution is -2.13. The molecule has 0 fully saturated rings. The van der Waals surface area contributed by atoms with E-state index in [4.69, 9.17) is 0 Å². The van der Waals surface area contributed by atoms with Gasteiger partial charge in [0.15, 0.2) is 0 Å². The largest absolute Gasteiger partial charge is 0.393 e. The van der Waals surface area contributed by atoms with Crippen molar-refractivity contribution in [2.45, 2.75) is 52.1 Å². The van der Waals surface area contributed by atoms with Crippen LogP contribution in [0.5, 0.6) is 0 Å². The van der Waals surface area contributed by atoms with E-state index < -0.39 is 0 Å². The van der Waals surface area contributed by atoms with Crippen LogP contribution in [0, 0.1) is 5.92 Å². The molecule has 0 saturated carbocycles. The van der Waals surface area contributed by atoms with Crippen LogP contribution >= 0.6 is 0 Å². The lowest BCUT2D eigenvalue weighted by atomic mass is 9.96. The van der Waals surface area contributed by atoms with Gasteiger partial charge in [-0.05, 0) is 37.3 Å². The minimum atomic E-state index is -0.177. The van der Waals surface area contributed by atoms with E-state index in [1.54, 1.807) is 6.20 Å². The first-order chi connectivity index (χ1) is 7.72. The molecule has 1 N–H and O–H groups in total. The van der Waals surface area contributed by atoms with Gasteiger partial charge < -0.3 is 5.11 Å². The van der Waals surface area contributed by atoms with Gasteiger partial charge in [0, 0.05) is 11.9 Å². The Morgan fingerprint density at radius 2 is 2.12 bits per heavy atom. The van der Waals surface area contributed by atoms with E-state index in [1.807, 2.05) is 18.2 Å². The number of aromatic nitrogens is 1. The summed E-state index contributed by atoms with van der Waals surface area (Å²) in [6.07, 6.45) is 6.66. The Labute approximate surface area is 98.7 Å². The number of nitrogens with zero attached hydrogens (tertiary/aromatic N) is 1. The smallest absolute Gasteiger partial charge is 0.0546 e. The van der Waals surface area contributed by atoms with Crippen molar-refractivity contribution in [3.8, 4) is 0 Å². The summed E-state index contributed by atoms with van der Waals surface area (Å²) in [6, 6.07) is 5.93. The number of aliphatic hydroxyl groups is 1. The molecule has 0 aliphatic carbocycles. The molecule has 1 rings (SSSR count). The molecule has 0 amide bonds. The highest BCUT2D eigenvalue weighted by Crippen LogP contribution is 2.15. The highest BCUT2D eigenvalue weighted by atomic mass is 16.3. The van der Waals surface area contributed by atoms with Crippen molar-refractivity contribution in [3.05, 3.63) is 30.1 Å². The molecule has 1 aromatic rings. The minimum Gasteiger partial charge on any atom is -0.393 e. The van der Waals surface area contributed by atoms with Crippen LogP contribution in [0.2, 0.25) is 0 Å². The Hall–Kier alpha value is -0.890. The van der Waals surface area contributed by atoms with Crippen molar-refractivity contribution in [2.24, 2.45) is 5.92 Å². The zero-order valence-electron chi connectivity index (χ0n) is 10.4. The minimum absolute atomic E-state index is 0.177. The van der Waals surface area contributed by atoms with Crippen molar-refractivity contribution in [2.75, 3.05) is 0 Å². The number of pyridine rings is 1. The summed E-state index contributed by atoms with van der Waals surface area (Å²) in [5.74, 6) is 0.628. The maximum absolute atomic E-state index is 9.88. The molecule has 16 heavy (non-hydrogen) atoms. The topological polar surface area (TPSA) is 33.1 Å². The average Bonchev–Trinajstić information content (AvgIpc) is 2.28. The molecule has 0 spiro atoms. The number of aliphatic hydroxyl groups excluding tert-OH is 1. The first-order valence-electron chi connectivity index (χ1n) is 6.30. The molecule has 2 atom stereocenters. The molecule has 0 radical (unpaired) electrons. The SMILES string of the molecule is CCCC(C)CC(O)CCc1ccccn1. The summed E-state index contributed by atoms with van der Waals surface area (Å²) in [7, 11) is 0. The van der Waals surface area contributed by atoms with Crippen LogP contribution in [-0.4, -0.2) is 16.2 Å². The molecule has 0 aliphatic heterocycles. The maximum atomic E-state index is 9.88. The number of aryl methyl sites for hydroxylation is 1. The number of hydrogen-bond acceptors (Lipinski definition) is 2. The zero-order chi connectivity index (χ0) is 11.8. The van der Waals surface area contributed by atoms with Crippen molar-refractivity contribution >= 4 is 0 Å². The van der Waals surface area contributed by atoms with Gasteiger partial charge in [-0.1, -0.05) is 32.8 Å². The normalized spacial score (nSPS) is 14.7. The third kappa shape index (κ3) is 5.26. The van der Waals surface area contributed by atoms with Gasteiger partial charge in [-0.15, -0.1) is 0 Å². The molecule has 90 valence electrons. The fourth-order valence-electron chi connectivity index (χ4n) is 2.05. The fourth-order valence-corrected chi connectivity index (χ4v) is 2.05. The second kappa shape index (κ2) is 7.39. The predicted octanol–water partition coefficient (Wildman–Crippen LogP) is 3.20. The van der Waals surface area contributed by atoms with Gasteiger partial charge in [-0.2, -0.15) is 0 Å². The van der Waals surface area contributed by atoms with E-state index in [2.05, 4.69) is 18.8 Å². The second-order valence-corrected chi connectivity index (χ2v) is 4.64. The van der Waals surface area contributed by atoms with Crippen LogP contribution in [0.1, 0.15) is 45.2 Å². The molecular formula is C14H23NO. The molecule has 2 unspecified atom stereocenters. The predicted molar refractivity (Wildman–Crippen MR) is 67.3 cm³/mol. The third-order valence-corrected chi connectivity index (χ3v) is 2.92. The van der Waals surface area contributed by atoms with E-state index in [1.165, 1.54) is 12.8 Å². The van der Waals surface area contributed by atoms with Crippen LogP contribution in [-0.2, 0) is 6.42 Å². The van der Waals surface area contributed by atoms with Gasteiger partial charge in [-0.3, -0.25) is 4.98 Å². The van der Waals surface area contributed by atoms with Crippen molar-refractivity contribution in [1.82, 2.24) is 4.98 Å². The Kier molecular flexibility index (Phi) is 6.09. The van der Waals surface area contributed by atoms with Gasteiger partial charge in [0.1, 0.15) is 0 Å². The van der Waals surface area contributed by atoms with Crippen LogP contribution in [0.25, 0.3) is 0 Å². The van der Waals surface area contributed by atoms with Gasteiger partial charge in [0.2, 0.25) is 0 Å². The molecule has 0 aliphatic rings. The third-order valence-electron chi connectivity index (χ3n) is 2.92. The first kappa shape index (κ1) is 13.2. The van der Waals surface area contributed by atoms with E-state index in [0.717, 1.165) is 25.0 Å². The molecule has 2 nitrogen and oxygen atoms in total. The van der Waals surface area contributed by atoms with Crippen LogP contribution in [0.15, 0.2) is 24.4 Å². The summed E-state index contributed by atoms with van der Waals surface area (Å²) in [5.41, 5.74) is 1.07. The molecule has 1 aromatic heterocycles. The Morgan fingerprint density at radius 1 is 1.31 bits per heavy atom. The summed E-state index contributed by atoms with van der Waals surface area (Å²) in [4.78, 5) is 4.26. The molecular weight excluding hydrogens is 198 g/mol. The van der Waals surface area contributed by atoms with Crippen LogP contribution in [0.4, 0.5) is 0 Å². The fraction of sp³-hybridized carbons (Fsp3) is 0.643. The van der Waals surface area contributed by atoms with Gasteiger partial charge in [0.05, 0.1) is 6.10 Å². The lowest BCUT2D eigenvalue weighted by Gasteiger charge is -2.15. The standard InChI is InChI=1S/C14H23NO/c1-3-6-12(2)11-14(16)9-8-13-7-4-5-10-15-13/h4-5,7,10,12,14,16H,3,6,8-9,11H2,1-2H3. The monoisotopic (exact) mass is 221 g/mol. The Morgan fingerprint density at radius 3 is 2.75 bits per heavy atom. The molecule has 2 heteroatoms. The number of hydrogen-bond donors (Lipinski definition) is 1. The highest BCUT2D eigenvalue weighted by molar-refractivity contribution is 5.03. The molecule has 0 aromatic carbocycles. The average molecular weight is 221 g/mol. The second-order valence-electron chi connectivity index (χ2n) is 4.64. The van der Waals surface area contributed by atoms with E-state index in [0.29, 0.717) is 5.92 Å². The van der Waals surface area contributed by atoms with E-state index in [9.17, 15) is 5.11 Å². The van der Waals surface area contributed by atoms with Crippen molar-refractivity contribution in [3.63, 3.8) is 0 Å². The highest BCUT2D eigenvalue weighted by Gasteiger charge is 2.09. The Balaban J connectivity index is 2.22. The summed E-state index contributed by atoms with van der Waals surface area (Å²) >= 11 is 0. The summed E-state index contributed by atoms with van der Waals surface area (Å²) in [5, 5.41) is 9.88. The van der Waals surface area contributed by atoms with E-state index >= 15 is 0 Å². The maximum Gasteiger partial charge on any atom is 0.0546 e. The van der Waals surface area contributed by atoms with Crippen LogP contribution in [0.3, 0.4) is 0 Å². The zero-order valence-corrected chi connectivity index (χ0v) is 10.4. The lowest BCUT2D eigenvalue weighted by molar-refractivity contribution is 0.134. The molecule has 1 heterocycles. The van der Waals surface area contributed by atoms with Gasteiger partial charge >= 0.3 is 0 Å². The van der Waals surface area contributed by atoms with Crippen molar-refractivity contribution in [1.29, 1.82) is 0 Å². The summed E-state index contributed by atoms with van der Waals surface area (Å²) < 4.78 is 0. The van der Waals surface area contributed by atoms with Crippen molar-refractivity contribution < 1.29 is 5.11 Å². The molecule has 0 bridgehead atoms. The van der Waals surface area contributed by atoms with E-state index in [-0.39, 0.29) is 6.10 Å². The van der Waals surface area contributed by atoms with Crippen LogP contribution < -0.4 is 0 Å². The van der Waals surface area contributed by atoms with Gasteiger partial charge in [0.25, 0.3) is 0 Å². The first-order valence-corrected chi connectivity index (χ1v) is 6.30.